The van der Waals surface area contributed by atoms with Crippen LogP contribution in [0.15, 0.2) is 35.6 Å². The van der Waals surface area contributed by atoms with Crippen LogP contribution in [-0.4, -0.2) is 25.3 Å². The van der Waals surface area contributed by atoms with Crippen molar-refractivity contribution < 1.29 is 26.3 Å². The van der Waals surface area contributed by atoms with Gasteiger partial charge in [-0.1, -0.05) is 23.2 Å². The van der Waals surface area contributed by atoms with E-state index in [1.165, 1.54) is 18.6 Å². The molecule has 5 nitrogen and oxygen atoms in total. The van der Waals surface area contributed by atoms with Gasteiger partial charge >= 0.3 is 11.7 Å². The summed E-state index contributed by atoms with van der Waals surface area (Å²) in [6, 6.07) is 1.20. The van der Waals surface area contributed by atoms with Crippen LogP contribution >= 0.6 is 35.0 Å². The Hall–Kier alpha value is -2.18. The third-order valence-electron chi connectivity index (χ3n) is 3.70. The molecule has 0 atom stereocenters. The maximum atomic E-state index is 13.1. The zero-order chi connectivity index (χ0) is 22.3. The molecule has 0 fully saturated rings. The van der Waals surface area contributed by atoms with Crippen LogP contribution in [0.5, 0.6) is 0 Å². The molecule has 0 bridgehead atoms. The first kappa shape index (κ1) is 22.5. The van der Waals surface area contributed by atoms with E-state index < -0.39 is 49.8 Å². The number of anilines is 1. The summed E-state index contributed by atoms with van der Waals surface area (Å²) in [4.78, 5) is 7.39. The van der Waals surface area contributed by atoms with Gasteiger partial charge in [-0.25, -0.2) is 4.68 Å². The fourth-order valence-electron chi connectivity index (χ4n) is 2.55. The van der Waals surface area contributed by atoms with E-state index in [9.17, 15) is 26.3 Å². The van der Waals surface area contributed by atoms with Gasteiger partial charge in [0.2, 0.25) is 0 Å². The third-order valence-corrected chi connectivity index (χ3v) is 5.15. The van der Waals surface area contributed by atoms with E-state index in [4.69, 9.17) is 28.9 Å². The molecule has 0 radical (unpaired) electrons. The Morgan fingerprint density at radius 3 is 2.17 bits per heavy atom. The van der Waals surface area contributed by atoms with Crippen LogP contribution in [0.25, 0.3) is 5.69 Å². The van der Waals surface area contributed by atoms with Gasteiger partial charge in [0.25, 0.3) is 0 Å². The molecule has 3 aromatic rings. The molecule has 160 valence electrons. The van der Waals surface area contributed by atoms with Gasteiger partial charge in [-0.3, -0.25) is 9.97 Å². The van der Waals surface area contributed by atoms with Crippen LogP contribution < -0.4 is 5.73 Å². The highest BCUT2D eigenvalue weighted by Crippen LogP contribution is 2.44. The molecular formula is C16H9Cl2F6N5S. The first-order chi connectivity index (χ1) is 13.9. The molecule has 30 heavy (non-hydrogen) atoms. The SMILES string of the molecule is Nc1nn(-c2c(Cl)cc(C(F)(F)F)cc2Cl)c(Cc2cnccn2)c1SC(F)(F)F. The molecule has 0 saturated heterocycles. The van der Waals surface area contributed by atoms with Crippen LogP contribution in [0.4, 0.5) is 32.2 Å². The number of nitrogens with zero attached hydrogens (tertiary/aromatic N) is 4. The first-order valence-corrected chi connectivity index (χ1v) is 9.38. The van der Waals surface area contributed by atoms with Crippen molar-refractivity contribution in [3.05, 3.63) is 57.7 Å². The zero-order valence-electron chi connectivity index (χ0n) is 14.4. The Balaban J connectivity index is 2.21. The Labute approximate surface area is 179 Å². The van der Waals surface area contributed by atoms with Gasteiger partial charge in [-0.2, -0.15) is 26.3 Å². The predicted molar refractivity (Wildman–Crippen MR) is 99.7 cm³/mol. The zero-order valence-corrected chi connectivity index (χ0v) is 16.7. The molecule has 0 unspecified atom stereocenters. The van der Waals surface area contributed by atoms with Crippen molar-refractivity contribution in [1.29, 1.82) is 0 Å². The quantitative estimate of drug-likeness (QED) is 0.373. The lowest BCUT2D eigenvalue weighted by Crippen LogP contribution is -2.10. The van der Waals surface area contributed by atoms with E-state index in [0.29, 0.717) is 12.1 Å². The monoisotopic (exact) mass is 487 g/mol. The van der Waals surface area contributed by atoms with Crippen molar-refractivity contribution in [3.8, 4) is 5.69 Å². The average molecular weight is 488 g/mol. The number of halogens is 8. The van der Waals surface area contributed by atoms with Crippen molar-refractivity contribution in [3.63, 3.8) is 0 Å². The second kappa shape index (κ2) is 8.16. The van der Waals surface area contributed by atoms with E-state index in [1.807, 2.05) is 0 Å². The van der Waals surface area contributed by atoms with Crippen LogP contribution in [0, 0.1) is 0 Å². The lowest BCUT2D eigenvalue weighted by Gasteiger charge is -2.15. The summed E-state index contributed by atoms with van der Waals surface area (Å²) in [5, 5.41) is 2.91. The number of nitrogens with two attached hydrogens (primary N) is 1. The second-order valence-corrected chi connectivity index (χ2v) is 7.67. The van der Waals surface area contributed by atoms with Crippen molar-refractivity contribution in [2.75, 3.05) is 5.73 Å². The molecule has 0 spiro atoms. The Morgan fingerprint density at radius 1 is 1.03 bits per heavy atom. The summed E-state index contributed by atoms with van der Waals surface area (Å²) in [7, 11) is 0. The number of thioether (sulfide) groups is 1. The molecule has 0 aliphatic carbocycles. The number of aromatic nitrogens is 4. The fraction of sp³-hybridized carbons (Fsp3) is 0.188. The fourth-order valence-corrected chi connectivity index (χ4v) is 3.85. The van der Waals surface area contributed by atoms with Gasteiger partial charge in [0.05, 0.1) is 31.9 Å². The van der Waals surface area contributed by atoms with Gasteiger partial charge in [-0.05, 0) is 23.9 Å². The Morgan fingerprint density at radius 2 is 1.67 bits per heavy atom. The second-order valence-electron chi connectivity index (χ2n) is 5.78. The van der Waals surface area contributed by atoms with E-state index in [1.54, 1.807) is 0 Å². The minimum atomic E-state index is -4.73. The summed E-state index contributed by atoms with van der Waals surface area (Å²) >= 11 is 11.5. The van der Waals surface area contributed by atoms with E-state index in [2.05, 4.69) is 15.1 Å². The summed E-state index contributed by atoms with van der Waals surface area (Å²) < 4.78 is 79.1. The molecule has 1 aromatic carbocycles. The van der Waals surface area contributed by atoms with Crippen molar-refractivity contribution >= 4 is 40.8 Å². The van der Waals surface area contributed by atoms with Crippen LogP contribution in [0.3, 0.4) is 0 Å². The minimum absolute atomic E-state index is 0.112. The molecule has 0 amide bonds. The number of nitrogen functional groups attached to an aromatic ring is 1. The summed E-state index contributed by atoms with van der Waals surface area (Å²) in [6.07, 6.45) is -0.942. The van der Waals surface area contributed by atoms with Gasteiger partial charge in [0.15, 0.2) is 5.82 Å². The van der Waals surface area contributed by atoms with Crippen molar-refractivity contribution in [2.24, 2.45) is 0 Å². The Bertz CT molecular complexity index is 1050. The standard InChI is InChI=1S/C16H9Cl2F6N5S/c17-9-3-7(15(19,20)21)4-10(18)12(9)29-11(5-8-6-26-1-2-27-8)13(14(25)28-29)30-16(22,23)24/h1-4,6H,5H2,(H2,25,28). The summed E-state index contributed by atoms with van der Waals surface area (Å²) in [5.41, 5.74) is -0.231. The number of rotatable bonds is 4. The Kier molecular flexibility index (Phi) is 6.12. The minimum Gasteiger partial charge on any atom is -0.381 e. The number of benzene rings is 1. The van der Waals surface area contributed by atoms with Crippen molar-refractivity contribution in [2.45, 2.75) is 23.0 Å². The van der Waals surface area contributed by atoms with Gasteiger partial charge in [0, 0.05) is 25.0 Å². The van der Waals surface area contributed by atoms with Crippen LogP contribution in [0.2, 0.25) is 10.0 Å². The highest BCUT2D eigenvalue weighted by Gasteiger charge is 2.36. The van der Waals surface area contributed by atoms with Gasteiger partial charge < -0.3 is 5.73 Å². The van der Waals surface area contributed by atoms with E-state index in [-0.39, 0.29) is 23.5 Å². The molecule has 0 aliphatic heterocycles. The first-order valence-electron chi connectivity index (χ1n) is 7.81. The molecule has 3 rings (SSSR count). The third kappa shape index (κ3) is 4.93. The highest BCUT2D eigenvalue weighted by molar-refractivity contribution is 8.00. The maximum Gasteiger partial charge on any atom is 0.446 e. The predicted octanol–water partition coefficient (Wildman–Crippen LogP) is 5.77. The number of alkyl halides is 6. The summed E-state index contributed by atoms with van der Waals surface area (Å²) in [5.74, 6) is -0.497. The number of hydrogen-bond acceptors (Lipinski definition) is 5. The highest BCUT2D eigenvalue weighted by atomic mass is 35.5. The van der Waals surface area contributed by atoms with Gasteiger partial charge in [-0.15, -0.1) is 5.10 Å². The molecule has 0 aliphatic rings. The molecule has 0 saturated carbocycles. The smallest absolute Gasteiger partial charge is 0.381 e. The van der Waals surface area contributed by atoms with Crippen LogP contribution in [0.1, 0.15) is 17.0 Å². The topological polar surface area (TPSA) is 69.6 Å². The van der Waals surface area contributed by atoms with Crippen molar-refractivity contribution in [1.82, 2.24) is 19.7 Å². The average Bonchev–Trinajstić information content (AvgIpc) is 2.89. The van der Waals surface area contributed by atoms with E-state index in [0.717, 1.165) is 4.68 Å². The summed E-state index contributed by atoms with van der Waals surface area (Å²) in [6.45, 7) is 0. The molecule has 2 aromatic heterocycles. The largest absolute Gasteiger partial charge is 0.446 e. The molecule has 14 heteroatoms. The normalized spacial score (nSPS) is 12.4. The maximum absolute atomic E-state index is 13.1. The molecular weight excluding hydrogens is 479 g/mol. The van der Waals surface area contributed by atoms with E-state index >= 15 is 0 Å². The number of hydrogen-bond donors (Lipinski definition) is 1. The molecule has 2 heterocycles. The molecule has 2 N–H and O–H groups in total. The lowest BCUT2D eigenvalue weighted by atomic mass is 10.2. The van der Waals surface area contributed by atoms with Crippen LogP contribution in [-0.2, 0) is 12.6 Å². The van der Waals surface area contributed by atoms with Gasteiger partial charge in [0.1, 0.15) is 5.69 Å². The lowest BCUT2D eigenvalue weighted by molar-refractivity contribution is -0.137.